The fourth-order valence-electron chi connectivity index (χ4n) is 1.71. The Bertz CT molecular complexity index is 246. The molecule has 0 radical (unpaired) electrons. The molecule has 0 aromatic heterocycles. The highest BCUT2D eigenvalue weighted by molar-refractivity contribution is 5.76. The van der Waals surface area contributed by atoms with E-state index in [-0.39, 0.29) is 6.03 Å². The van der Waals surface area contributed by atoms with E-state index in [9.17, 15) is 9.90 Å². The Balaban J connectivity index is 2.08. The Hall–Kier alpha value is -0.850. The predicted molar refractivity (Wildman–Crippen MR) is 65.0 cm³/mol. The van der Waals surface area contributed by atoms with Crippen LogP contribution in [0.5, 0.6) is 0 Å². The van der Waals surface area contributed by atoms with Crippen molar-refractivity contribution in [3.8, 4) is 0 Å². The Morgan fingerprint density at radius 2 is 2.41 bits per heavy atom. The number of nitrogens with zero attached hydrogens (tertiary/aromatic N) is 1. The molecule has 6 heteroatoms. The van der Waals surface area contributed by atoms with Crippen LogP contribution in [0.15, 0.2) is 0 Å². The smallest absolute Gasteiger partial charge is 0.317 e. The topological polar surface area (TPSA) is 73.8 Å². The average molecular weight is 245 g/mol. The predicted octanol–water partition coefficient (Wildman–Crippen LogP) is -0.611. The SMILES string of the molecule is COCCC(C)(O)CNCCN1CCNC1=O. The number of aliphatic hydroxyl groups is 1. The number of rotatable bonds is 8. The Kier molecular flexibility index (Phi) is 5.67. The molecule has 1 aliphatic rings. The molecule has 0 aromatic carbocycles. The maximum absolute atomic E-state index is 11.2. The van der Waals surface area contributed by atoms with E-state index in [1.54, 1.807) is 18.9 Å². The maximum atomic E-state index is 11.2. The summed E-state index contributed by atoms with van der Waals surface area (Å²) in [7, 11) is 1.62. The summed E-state index contributed by atoms with van der Waals surface area (Å²) in [6.45, 7) is 5.68. The highest BCUT2D eigenvalue weighted by Crippen LogP contribution is 2.07. The van der Waals surface area contributed by atoms with Crippen LogP contribution in [0.25, 0.3) is 0 Å². The molecule has 0 aromatic rings. The van der Waals surface area contributed by atoms with Gasteiger partial charge in [-0.15, -0.1) is 0 Å². The number of carbonyl (C=O) groups is 1. The van der Waals surface area contributed by atoms with Crippen molar-refractivity contribution in [3.05, 3.63) is 0 Å². The molecule has 3 N–H and O–H groups in total. The van der Waals surface area contributed by atoms with Crippen LogP contribution in [0.1, 0.15) is 13.3 Å². The Morgan fingerprint density at radius 1 is 1.65 bits per heavy atom. The molecule has 0 spiro atoms. The van der Waals surface area contributed by atoms with Crippen molar-refractivity contribution in [1.82, 2.24) is 15.5 Å². The molecule has 6 nitrogen and oxygen atoms in total. The molecule has 0 bridgehead atoms. The zero-order valence-corrected chi connectivity index (χ0v) is 10.7. The van der Waals surface area contributed by atoms with Gasteiger partial charge in [-0.1, -0.05) is 0 Å². The van der Waals surface area contributed by atoms with Gasteiger partial charge in [-0.3, -0.25) is 0 Å². The van der Waals surface area contributed by atoms with Crippen LogP contribution in [-0.4, -0.2) is 68.1 Å². The van der Waals surface area contributed by atoms with Crippen LogP contribution in [0.4, 0.5) is 4.79 Å². The second-order valence-corrected chi connectivity index (χ2v) is 4.64. The summed E-state index contributed by atoms with van der Waals surface area (Å²) in [5, 5.41) is 15.9. The maximum Gasteiger partial charge on any atom is 0.317 e. The van der Waals surface area contributed by atoms with Crippen molar-refractivity contribution in [2.75, 3.05) is 46.4 Å². The quantitative estimate of drug-likeness (QED) is 0.499. The van der Waals surface area contributed by atoms with Gasteiger partial charge in [0.2, 0.25) is 0 Å². The number of urea groups is 1. The van der Waals surface area contributed by atoms with Gasteiger partial charge in [-0.05, 0) is 6.92 Å². The van der Waals surface area contributed by atoms with Gasteiger partial charge in [0, 0.05) is 52.9 Å². The lowest BCUT2D eigenvalue weighted by Gasteiger charge is -2.24. The largest absolute Gasteiger partial charge is 0.389 e. The van der Waals surface area contributed by atoms with Crippen LogP contribution in [0, 0.1) is 0 Å². The molecule has 1 unspecified atom stereocenters. The lowest BCUT2D eigenvalue weighted by molar-refractivity contribution is 0.0249. The van der Waals surface area contributed by atoms with Gasteiger partial charge < -0.3 is 25.4 Å². The first kappa shape index (κ1) is 14.2. The summed E-state index contributed by atoms with van der Waals surface area (Å²) >= 11 is 0. The van der Waals surface area contributed by atoms with E-state index in [1.807, 2.05) is 0 Å². The fourth-order valence-corrected chi connectivity index (χ4v) is 1.71. The van der Waals surface area contributed by atoms with Crippen molar-refractivity contribution >= 4 is 6.03 Å². The van der Waals surface area contributed by atoms with Gasteiger partial charge in [-0.25, -0.2) is 4.79 Å². The zero-order chi connectivity index (χ0) is 12.7. The van der Waals surface area contributed by atoms with Crippen molar-refractivity contribution < 1.29 is 14.6 Å². The van der Waals surface area contributed by atoms with E-state index >= 15 is 0 Å². The number of methoxy groups -OCH3 is 1. The van der Waals surface area contributed by atoms with E-state index in [4.69, 9.17) is 4.74 Å². The van der Waals surface area contributed by atoms with Crippen LogP contribution in [0.3, 0.4) is 0 Å². The number of nitrogens with one attached hydrogen (secondary N) is 2. The third-order valence-electron chi connectivity index (χ3n) is 2.85. The molecular formula is C11H23N3O3. The zero-order valence-electron chi connectivity index (χ0n) is 10.7. The lowest BCUT2D eigenvalue weighted by Crippen LogP contribution is -2.42. The first-order chi connectivity index (χ1) is 8.05. The van der Waals surface area contributed by atoms with Crippen LogP contribution >= 0.6 is 0 Å². The summed E-state index contributed by atoms with van der Waals surface area (Å²) < 4.78 is 4.93. The normalized spacial score (nSPS) is 19.2. The van der Waals surface area contributed by atoms with E-state index < -0.39 is 5.60 Å². The summed E-state index contributed by atoms with van der Waals surface area (Å²) in [5.74, 6) is 0. The molecular weight excluding hydrogens is 222 g/mol. The van der Waals surface area contributed by atoms with Gasteiger partial charge >= 0.3 is 6.03 Å². The number of ether oxygens (including phenoxy) is 1. The van der Waals surface area contributed by atoms with Crippen molar-refractivity contribution in [3.63, 3.8) is 0 Å². The van der Waals surface area contributed by atoms with Gasteiger partial charge in [0.15, 0.2) is 0 Å². The Labute approximate surface area is 102 Å². The van der Waals surface area contributed by atoms with E-state index in [2.05, 4.69) is 10.6 Å². The number of amides is 2. The minimum absolute atomic E-state index is 0.00190. The summed E-state index contributed by atoms with van der Waals surface area (Å²) in [6, 6.07) is -0.00190. The molecule has 1 fully saturated rings. The summed E-state index contributed by atoms with van der Waals surface area (Å²) in [6.07, 6.45) is 0.598. The molecule has 1 heterocycles. The third kappa shape index (κ3) is 5.34. The molecule has 1 saturated heterocycles. The van der Waals surface area contributed by atoms with Gasteiger partial charge in [0.05, 0.1) is 5.60 Å². The second kappa shape index (κ2) is 6.78. The summed E-state index contributed by atoms with van der Waals surface area (Å²) in [5.41, 5.74) is -0.761. The van der Waals surface area contributed by atoms with E-state index in [1.165, 1.54) is 0 Å². The molecule has 100 valence electrons. The first-order valence-electron chi connectivity index (χ1n) is 6.00. The van der Waals surface area contributed by atoms with Gasteiger partial charge in [0.25, 0.3) is 0 Å². The molecule has 0 aliphatic carbocycles. The van der Waals surface area contributed by atoms with Crippen molar-refractivity contribution in [1.29, 1.82) is 0 Å². The van der Waals surface area contributed by atoms with Crippen LogP contribution in [-0.2, 0) is 4.74 Å². The minimum Gasteiger partial charge on any atom is -0.389 e. The third-order valence-corrected chi connectivity index (χ3v) is 2.85. The highest BCUT2D eigenvalue weighted by Gasteiger charge is 2.21. The number of carbonyl (C=O) groups excluding carboxylic acids is 1. The van der Waals surface area contributed by atoms with E-state index in [0.717, 1.165) is 13.1 Å². The molecule has 17 heavy (non-hydrogen) atoms. The van der Waals surface area contributed by atoms with Crippen LogP contribution < -0.4 is 10.6 Å². The fraction of sp³-hybridized carbons (Fsp3) is 0.909. The number of hydrogen-bond acceptors (Lipinski definition) is 4. The first-order valence-corrected chi connectivity index (χ1v) is 6.00. The minimum atomic E-state index is -0.761. The second-order valence-electron chi connectivity index (χ2n) is 4.64. The Morgan fingerprint density at radius 3 is 3.00 bits per heavy atom. The lowest BCUT2D eigenvalue weighted by atomic mass is 10.0. The van der Waals surface area contributed by atoms with Crippen LogP contribution in [0.2, 0.25) is 0 Å². The van der Waals surface area contributed by atoms with Gasteiger partial charge in [-0.2, -0.15) is 0 Å². The average Bonchev–Trinajstić information content (AvgIpc) is 2.68. The molecule has 1 rings (SSSR count). The monoisotopic (exact) mass is 245 g/mol. The standard InChI is InChI=1S/C11H23N3O3/c1-11(16,3-8-17-2)9-12-4-6-14-7-5-13-10(14)15/h12,16H,3-9H2,1-2H3,(H,13,15). The van der Waals surface area contributed by atoms with Gasteiger partial charge in [0.1, 0.15) is 0 Å². The van der Waals surface area contributed by atoms with Crippen molar-refractivity contribution in [2.24, 2.45) is 0 Å². The molecule has 2 amide bonds. The number of hydrogen-bond donors (Lipinski definition) is 3. The van der Waals surface area contributed by atoms with E-state index in [0.29, 0.717) is 32.7 Å². The van der Waals surface area contributed by atoms with Crippen molar-refractivity contribution in [2.45, 2.75) is 18.9 Å². The summed E-state index contributed by atoms with van der Waals surface area (Å²) in [4.78, 5) is 13.0. The highest BCUT2D eigenvalue weighted by atomic mass is 16.5. The molecule has 0 saturated carbocycles. The molecule has 1 aliphatic heterocycles. The molecule has 1 atom stereocenters.